The van der Waals surface area contributed by atoms with Crippen LogP contribution in [0, 0.1) is 17.2 Å². The van der Waals surface area contributed by atoms with Crippen LogP contribution in [-0.4, -0.2) is 24.5 Å². The summed E-state index contributed by atoms with van der Waals surface area (Å²) < 4.78 is 5.01. The van der Waals surface area contributed by atoms with Gasteiger partial charge in [0.1, 0.15) is 0 Å². The first-order chi connectivity index (χ1) is 10.6. The highest BCUT2D eigenvalue weighted by Crippen LogP contribution is 2.23. The molecule has 0 radical (unpaired) electrons. The lowest BCUT2D eigenvalue weighted by Crippen LogP contribution is -2.42. The highest BCUT2D eigenvalue weighted by atomic mass is 16.5. The summed E-state index contributed by atoms with van der Waals surface area (Å²) in [6.45, 7) is 1.86. The fraction of sp³-hybridized carbons (Fsp3) is 0.471. The van der Waals surface area contributed by atoms with Crippen LogP contribution in [0.25, 0.3) is 0 Å². The van der Waals surface area contributed by atoms with Gasteiger partial charge in [0.15, 0.2) is 6.61 Å². The van der Waals surface area contributed by atoms with Crippen LogP contribution in [0.5, 0.6) is 0 Å². The number of hydrogen-bond acceptors (Lipinski definition) is 4. The maximum atomic E-state index is 11.9. The second kappa shape index (κ2) is 7.60. The van der Waals surface area contributed by atoms with E-state index in [0.717, 1.165) is 19.3 Å². The minimum absolute atomic E-state index is 0.176. The van der Waals surface area contributed by atoms with Crippen LogP contribution in [0.3, 0.4) is 0 Å². The number of hydrogen-bond donors (Lipinski definition) is 1. The van der Waals surface area contributed by atoms with Crippen LogP contribution in [0.2, 0.25) is 0 Å². The van der Waals surface area contributed by atoms with Gasteiger partial charge in [-0.2, -0.15) is 5.26 Å². The van der Waals surface area contributed by atoms with Crippen molar-refractivity contribution in [3.8, 4) is 6.07 Å². The minimum atomic E-state index is -0.559. The van der Waals surface area contributed by atoms with Crippen LogP contribution in [0.1, 0.15) is 48.5 Å². The molecule has 2 rings (SSSR count). The molecule has 5 heteroatoms. The average molecular weight is 300 g/mol. The van der Waals surface area contributed by atoms with Gasteiger partial charge in [-0.1, -0.05) is 19.8 Å². The molecule has 1 fully saturated rings. The molecule has 22 heavy (non-hydrogen) atoms. The van der Waals surface area contributed by atoms with Gasteiger partial charge in [0, 0.05) is 6.04 Å². The van der Waals surface area contributed by atoms with E-state index in [-0.39, 0.29) is 18.6 Å². The predicted octanol–water partition coefficient (Wildman–Crippen LogP) is 2.41. The minimum Gasteiger partial charge on any atom is -0.452 e. The number of nitrogens with one attached hydrogen (secondary N) is 1. The van der Waals surface area contributed by atoms with Gasteiger partial charge >= 0.3 is 5.97 Å². The average Bonchev–Trinajstić information content (AvgIpc) is 2.55. The van der Waals surface area contributed by atoms with Gasteiger partial charge in [-0.25, -0.2) is 4.79 Å². The van der Waals surface area contributed by atoms with E-state index in [1.165, 1.54) is 18.6 Å². The summed E-state index contributed by atoms with van der Waals surface area (Å²) >= 11 is 0. The van der Waals surface area contributed by atoms with Crippen LogP contribution in [0.4, 0.5) is 0 Å². The first kappa shape index (κ1) is 16.0. The molecule has 0 heterocycles. The van der Waals surface area contributed by atoms with Crippen molar-refractivity contribution in [2.75, 3.05) is 6.61 Å². The third kappa shape index (κ3) is 4.32. The molecule has 116 valence electrons. The monoisotopic (exact) mass is 300 g/mol. The molecule has 0 aromatic heterocycles. The van der Waals surface area contributed by atoms with E-state index in [1.54, 1.807) is 12.1 Å². The number of ether oxygens (including phenoxy) is 1. The number of rotatable bonds is 4. The number of esters is 1. The summed E-state index contributed by atoms with van der Waals surface area (Å²) in [5, 5.41) is 11.6. The molecule has 5 nitrogen and oxygen atoms in total. The van der Waals surface area contributed by atoms with Crippen molar-refractivity contribution < 1.29 is 14.3 Å². The molecule has 1 saturated carbocycles. The molecule has 1 N–H and O–H groups in total. The summed E-state index contributed by atoms with van der Waals surface area (Å²) in [5.74, 6) is -0.357. The number of carbonyl (C=O) groups excluding carboxylic acids is 2. The maximum absolute atomic E-state index is 11.9. The van der Waals surface area contributed by atoms with Gasteiger partial charge in [-0.15, -0.1) is 0 Å². The predicted molar refractivity (Wildman–Crippen MR) is 81.0 cm³/mol. The van der Waals surface area contributed by atoms with E-state index >= 15 is 0 Å². The lowest BCUT2D eigenvalue weighted by atomic mass is 9.86. The molecule has 0 spiro atoms. The number of amides is 1. The van der Waals surface area contributed by atoms with Gasteiger partial charge in [0.05, 0.1) is 17.2 Å². The summed E-state index contributed by atoms with van der Waals surface area (Å²) in [7, 11) is 0. The highest BCUT2D eigenvalue weighted by Gasteiger charge is 2.23. The Balaban J connectivity index is 1.80. The van der Waals surface area contributed by atoms with Crippen LogP contribution < -0.4 is 5.32 Å². The number of carbonyl (C=O) groups is 2. The first-order valence-electron chi connectivity index (χ1n) is 7.57. The second-order valence-electron chi connectivity index (χ2n) is 5.70. The van der Waals surface area contributed by atoms with Gasteiger partial charge in [-0.05, 0) is 43.0 Å². The zero-order valence-electron chi connectivity index (χ0n) is 12.7. The van der Waals surface area contributed by atoms with E-state index in [9.17, 15) is 9.59 Å². The zero-order chi connectivity index (χ0) is 15.9. The fourth-order valence-electron chi connectivity index (χ4n) is 2.67. The van der Waals surface area contributed by atoms with E-state index in [4.69, 9.17) is 10.00 Å². The molecule has 0 unspecified atom stereocenters. The lowest BCUT2D eigenvalue weighted by molar-refractivity contribution is -0.125. The van der Waals surface area contributed by atoms with Gasteiger partial charge in [0.2, 0.25) is 0 Å². The third-order valence-corrected chi connectivity index (χ3v) is 4.04. The fourth-order valence-corrected chi connectivity index (χ4v) is 2.67. The maximum Gasteiger partial charge on any atom is 0.338 e. The molecule has 2 atom stereocenters. The summed E-state index contributed by atoms with van der Waals surface area (Å²) in [5.41, 5.74) is 0.804. The normalized spacial score (nSPS) is 20.7. The van der Waals surface area contributed by atoms with Gasteiger partial charge in [0.25, 0.3) is 5.91 Å². The van der Waals surface area contributed by atoms with E-state index in [1.807, 2.05) is 6.07 Å². The van der Waals surface area contributed by atoms with Crippen molar-refractivity contribution in [2.45, 2.75) is 38.6 Å². The Hall–Kier alpha value is -2.35. The Kier molecular flexibility index (Phi) is 5.54. The molecule has 1 aliphatic rings. The Morgan fingerprint density at radius 3 is 2.59 bits per heavy atom. The summed E-state index contributed by atoms with van der Waals surface area (Å²) in [6.07, 6.45) is 4.44. The summed E-state index contributed by atoms with van der Waals surface area (Å²) in [4.78, 5) is 23.7. The Morgan fingerprint density at radius 2 is 1.95 bits per heavy atom. The first-order valence-corrected chi connectivity index (χ1v) is 7.57. The number of nitrogens with zero attached hydrogens (tertiary/aromatic N) is 1. The van der Waals surface area contributed by atoms with Crippen molar-refractivity contribution in [2.24, 2.45) is 5.92 Å². The highest BCUT2D eigenvalue weighted by molar-refractivity contribution is 5.91. The molecule has 1 amide bonds. The molecule has 1 aliphatic carbocycles. The smallest absolute Gasteiger partial charge is 0.338 e. The Bertz CT molecular complexity index is 575. The quantitative estimate of drug-likeness (QED) is 0.866. The van der Waals surface area contributed by atoms with Crippen LogP contribution in [-0.2, 0) is 9.53 Å². The summed E-state index contributed by atoms with van der Waals surface area (Å²) in [6, 6.07) is 8.27. The van der Waals surface area contributed by atoms with Crippen molar-refractivity contribution in [1.82, 2.24) is 5.32 Å². The Morgan fingerprint density at radius 1 is 1.27 bits per heavy atom. The standard InChI is InChI=1S/C17H20N2O3/c1-12-4-2-3-5-15(12)19-16(20)11-22-17(21)14-8-6-13(10-18)7-9-14/h6-9,12,15H,2-5,11H2,1H3,(H,19,20)/t12-,15-/m1/s1. The zero-order valence-corrected chi connectivity index (χ0v) is 12.7. The molecule has 1 aromatic carbocycles. The number of nitriles is 1. The van der Waals surface area contributed by atoms with E-state index in [0.29, 0.717) is 17.0 Å². The van der Waals surface area contributed by atoms with Crippen molar-refractivity contribution in [3.63, 3.8) is 0 Å². The second-order valence-corrected chi connectivity index (χ2v) is 5.70. The molecular weight excluding hydrogens is 280 g/mol. The van der Waals surface area contributed by atoms with E-state index in [2.05, 4.69) is 12.2 Å². The molecule has 0 bridgehead atoms. The largest absolute Gasteiger partial charge is 0.452 e. The van der Waals surface area contributed by atoms with E-state index < -0.39 is 5.97 Å². The lowest BCUT2D eigenvalue weighted by Gasteiger charge is -2.29. The molecule has 0 aliphatic heterocycles. The Labute approximate surface area is 130 Å². The van der Waals surface area contributed by atoms with Crippen molar-refractivity contribution in [3.05, 3.63) is 35.4 Å². The third-order valence-electron chi connectivity index (χ3n) is 4.04. The van der Waals surface area contributed by atoms with Gasteiger partial charge in [-0.3, -0.25) is 4.79 Å². The molecule has 0 saturated heterocycles. The van der Waals surface area contributed by atoms with Gasteiger partial charge < -0.3 is 10.1 Å². The van der Waals surface area contributed by atoms with Crippen LogP contribution in [0.15, 0.2) is 24.3 Å². The van der Waals surface area contributed by atoms with Crippen molar-refractivity contribution in [1.29, 1.82) is 5.26 Å². The molecule has 1 aromatic rings. The van der Waals surface area contributed by atoms with Crippen molar-refractivity contribution >= 4 is 11.9 Å². The topological polar surface area (TPSA) is 79.2 Å². The molecular formula is C17H20N2O3. The van der Waals surface area contributed by atoms with Crippen LogP contribution >= 0.6 is 0 Å². The number of benzene rings is 1. The SMILES string of the molecule is C[C@@H]1CCCC[C@H]1NC(=O)COC(=O)c1ccc(C#N)cc1.